The van der Waals surface area contributed by atoms with Crippen molar-refractivity contribution in [2.45, 2.75) is 19.8 Å². The lowest BCUT2D eigenvalue weighted by molar-refractivity contribution is 0.581. The van der Waals surface area contributed by atoms with Crippen LogP contribution in [0.1, 0.15) is 25.3 Å². The van der Waals surface area contributed by atoms with E-state index < -0.39 is 5.95 Å². The Labute approximate surface area is 70.2 Å². The summed E-state index contributed by atoms with van der Waals surface area (Å²) < 4.78 is 12.4. The Bertz CT molecular complexity index is 260. The molecule has 1 rings (SSSR count). The van der Waals surface area contributed by atoms with Crippen LogP contribution in [0.15, 0.2) is 12.3 Å². The van der Waals surface area contributed by atoms with E-state index in [0.717, 1.165) is 5.56 Å². The number of hydrogen-bond acceptors (Lipinski definition) is 1. The van der Waals surface area contributed by atoms with Gasteiger partial charge in [0.25, 0.3) is 0 Å². The van der Waals surface area contributed by atoms with Crippen molar-refractivity contribution in [2.24, 2.45) is 0 Å². The van der Waals surface area contributed by atoms with Crippen molar-refractivity contribution >= 4 is 11.6 Å². The van der Waals surface area contributed by atoms with Gasteiger partial charge in [0, 0.05) is 12.3 Å². The minimum atomic E-state index is -0.528. The molecule has 0 radical (unpaired) electrons. The zero-order chi connectivity index (χ0) is 8.43. The molecule has 11 heavy (non-hydrogen) atoms. The highest BCUT2D eigenvalue weighted by atomic mass is 35.5. The minimum absolute atomic E-state index is 0.288. The van der Waals surface area contributed by atoms with Crippen LogP contribution in [0.2, 0.25) is 5.02 Å². The van der Waals surface area contributed by atoms with Crippen LogP contribution in [0, 0.1) is 5.95 Å². The Balaban J connectivity index is 3.09. The third kappa shape index (κ3) is 1.90. The summed E-state index contributed by atoms with van der Waals surface area (Å²) in [5, 5.41) is 0.451. The van der Waals surface area contributed by atoms with Crippen molar-refractivity contribution in [1.29, 1.82) is 0 Å². The second-order valence-corrected chi connectivity index (χ2v) is 3.09. The summed E-state index contributed by atoms with van der Waals surface area (Å²) in [7, 11) is 0. The molecule has 60 valence electrons. The summed E-state index contributed by atoms with van der Waals surface area (Å²) >= 11 is 5.74. The predicted molar refractivity (Wildman–Crippen MR) is 43.3 cm³/mol. The molecule has 0 N–H and O–H groups in total. The summed E-state index contributed by atoms with van der Waals surface area (Å²) in [4.78, 5) is 3.51. The first-order valence-corrected chi connectivity index (χ1v) is 3.80. The van der Waals surface area contributed by atoms with Gasteiger partial charge in [-0.1, -0.05) is 25.4 Å². The van der Waals surface area contributed by atoms with E-state index in [1.807, 2.05) is 13.8 Å². The Morgan fingerprint density at radius 1 is 1.55 bits per heavy atom. The number of pyridine rings is 1. The largest absolute Gasteiger partial charge is 0.228 e. The smallest absolute Gasteiger partial charge is 0.214 e. The maximum atomic E-state index is 12.4. The molecule has 1 heterocycles. The standard InChI is InChI=1S/C8H9ClFN/c1-5(2)6-4-11-8(10)3-7(6)9/h3-5H,1-2H3. The van der Waals surface area contributed by atoms with Gasteiger partial charge in [0.1, 0.15) is 0 Å². The average molecular weight is 174 g/mol. The van der Waals surface area contributed by atoms with Crippen LogP contribution in [0.25, 0.3) is 0 Å². The zero-order valence-corrected chi connectivity index (χ0v) is 7.19. The zero-order valence-electron chi connectivity index (χ0n) is 6.44. The second-order valence-electron chi connectivity index (χ2n) is 2.68. The van der Waals surface area contributed by atoms with E-state index in [9.17, 15) is 4.39 Å². The Morgan fingerprint density at radius 2 is 2.18 bits per heavy atom. The van der Waals surface area contributed by atoms with E-state index in [2.05, 4.69) is 4.98 Å². The topological polar surface area (TPSA) is 12.9 Å². The fourth-order valence-electron chi connectivity index (χ4n) is 0.843. The summed E-state index contributed by atoms with van der Waals surface area (Å²) in [5.41, 5.74) is 0.882. The van der Waals surface area contributed by atoms with Gasteiger partial charge in [-0.3, -0.25) is 0 Å². The van der Waals surface area contributed by atoms with Crippen LogP contribution in [0.4, 0.5) is 4.39 Å². The van der Waals surface area contributed by atoms with Crippen molar-refractivity contribution in [3.63, 3.8) is 0 Å². The van der Waals surface area contributed by atoms with E-state index in [-0.39, 0.29) is 5.92 Å². The number of aromatic nitrogens is 1. The monoisotopic (exact) mass is 173 g/mol. The van der Waals surface area contributed by atoms with Crippen LogP contribution in [0.3, 0.4) is 0 Å². The quantitative estimate of drug-likeness (QED) is 0.595. The Morgan fingerprint density at radius 3 is 2.64 bits per heavy atom. The van der Waals surface area contributed by atoms with Gasteiger partial charge in [-0.15, -0.1) is 0 Å². The molecule has 0 atom stereocenters. The molecule has 1 aromatic heterocycles. The van der Waals surface area contributed by atoms with Crippen LogP contribution < -0.4 is 0 Å². The first-order valence-electron chi connectivity index (χ1n) is 3.42. The van der Waals surface area contributed by atoms with Crippen molar-refractivity contribution in [1.82, 2.24) is 4.98 Å². The summed E-state index contributed by atoms with van der Waals surface area (Å²) in [5.74, 6) is -0.241. The fourth-order valence-corrected chi connectivity index (χ4v) is 1.20. The number of hydrogen-bond donors (Lipinski definition) is 0. The molecule has 0 amide bonds. The first kappa shape index (κ1) is 8.47. The number of halogens is 2. The van der Waals surface area contributed by atoms with Gasteiger partial charge in [-0.2, -0.15) is 4.39 Å². The van der Waals surface area contributed by atoms with Gasteiger partial charge in [-0.25, -0.2) is 4.98 Å². The molecule has 0 saturated heterocycles. The third-order valence-corrected chi connectivity index (χ3v) is 1.80. The molecule has 1 nitrogen and oxygen atoms in total. The van der Waals surface area contributed by atoms with E-state index in [1.54, 1.807) is 0 Å². The van der Waals surface area contributed by atoms with Crippen molar-refractivity contribution in [3.8, 4) is 0 Å². The van der Waals surface area contributed by atoms with Crippen LogP contribution in [-0.4, -0.2) is 4.98 Å². The van der Waals surface area contributed by atoms with Crippen molar-refractivity contribution in [3.05, 3.63) is 28.8 Å². The summed E-state index contributed by atoms with van der Waals surface area (Å²) in [6.45, 7) is 3.97. The number of nitrogens with zero attached hydrogens (tertiary/aromatic N) is 1. The Hall–Kier alpha value is -0.630. The van der Waals surface area contributed by atoms with Gasteiger partial charge in [0.15, 0.2) is 0 Å². The molecular formula is C8H9ClFN. The summed E-state index contributed by atoms with van der Waals surface area (Å²) in [6, 6.07) is 1.23. The van der Waals surface area contributed by atoms with Crippen LogP contribution >= 0.6 is 11.6 Å². The number of rotatable bonds is 1. The van der Waals surface area contributed by atoms with Crippen molar-refractivity contribution < 1.29 is 4.39 Å². The molecule has 0 aliphatic heterocycles. The van der Waals surface area contributed by atoms with Gasteiger partial charge >= 0.3 is 0 Å². The van der Waals surface area contributed by atoms with Gasteiger partial charge < -0.3 is 0 Å². The van der Waals surface area contributed by atoms with E-state index in [4.69, 9.17) is 11.6 Å². The average Bonchev–Trinajstić information content (AvgIpc) is 1.85. The molecule has 1 aromatic rings. The highest BCUT2D eigenvalue weighted by Crippen LogP contribution is 2.22. The predicted octanol–water partition coefficient (Wildman–Crippen LogP) is 3.00. The SMILES string of the molecule is CC(C)c1cnc(F)cc1Cl. The maximum Gasteiger partial charge on any atom is 0.214 e. The molecule has 0 aliphatic rings. The van der Waals surface area contributed by atoms with Crippen LogP contribution in [-0.2, 0) is 0 Å². The molecule has 0 aromatic carbocycles. The van der Waals surface area contributed by atoms with Crippen LogP contribution in [0.5, 0.6) is 0 Å². The minimum Gasteiger partial charge on any atom is -0.228 e. The highest BCUT2D eigenvalue weighted by Gasteiger charge is 2.05. The highest BCUT2D eigenvalue weighted by molar-refractivity contribution is 6.31. The lowest BCUT2D eigenvalue weighted by Gasteiger charge is -2.05. The summed E-state index contributed by atoms with van der Waals surface area (Å²) in [6.07, 6.45) is 1.47. The molecular weight excluding hydrogens is 165 g/mol. The van der Waals surface area contributed by atoms with Crippen molar-refractivity contribution in [2.75, 3.05) is 0 Å². The first-order chi connectivity index (χ1) is 5.11. The molecule has 0 unspecified atom stereocenters. The normalized spacial score (nSPS) is 10.6. The third-order valence-electron chi connectivity index (χ3n) is 1.47. The lowest BCUT2D eigenvalue weighted by atomic mass is 10.1. The molecule has 0 aliphatic carbocycles. The molecule has 0 spiro atoms. The van der Waals surface area contributed by atoms with E-state index in [0.29, 0.717) is 5.02 Å². The van der Waals surface area contributed by atoms with Gasteiger partial charge in [0.05, 0.1) is 5.02 Å². The lowest BCUT2D eigenvalue weighted by Crippen LogP contribution is -1.92. The van der Waals surface area contributed by atoms with E-state index in [1.165, 1.54) is 12.3 Å². The molecule has 0 saturated carbocycles. The second kappa shape index (κ2) is 3.18. The molecule has 3 heteroatoms. The van der Waals surface area contributed by atoms with E-state index >= 15 is 0 Å². The fraction of sp³-hybridized carbons (Fsp3) is 0.375. The molecule has 0 bridgehead atoms. The maximum absolute atomic E-state index is 12.4. The van der Waals surface area contributed by atoms with Gasteiger partial charge in [0.2, 0.25) is 5.95 Å². The Kier molecular flexibility index (Phi) is 2.45. The molecule has 0 fully saturated rings. The van der Waals surface area contributed by atoms with Gasteiger partial charge in [-0.05, 0) is 11.5 Å².